The fraction of sp³-hybridized carbons (Fsp3) is 0.333. The van der Waals surface area contributed by atoms with E-state index in [9.17, 15) is 4.79 Å². The van der Waals surface area contributed by atoms with Gasteiger partial charge in [0, 0.05) is 11.0 Å². The van der Waals surface area contributed by atoms with Crippen LogP contribution in [-0.4, -0.2) is 23.3 Å². The van der Waals surface area contributed by atoms with Gasteiger partial charge in [0.2, 0.25) is 0 Å². The second kappa shape index (κ2) is 3.52. The van der Waals surface area contributed by atoms with E-state index in [1.807, 2.05) is 0 Å². The number of alkyl halides is 1. The lowest BCUT2D eigenvalue weighted by molar-refractivity contribution is 0.0594. The first kappa shape index (κ1) is 8.26. The molecule has 60 valence electrons. The van der Waals surface area contributed by atoms with E-state index in [4.69, 9.17) is 0 Å². The number of hydrogen-bond acceptors (Lipinski definition) is 3. The molecule has 0 aliphatic carbocycles. The van der Waals surface area contributed by atoms with Gasteiger partial charge in [-0.3, -0.25) is 5.10 Å². The van der Waals surface area contributed by atoms with Gasteiger partial charge in [-0.25, -0.2) is 4.79 Å². The Balaban J connectivity index is 2.80. The summed E-state index contributed by atoms with van der Waals surface area (Å²) in [5.41, 5.74) is 1.16. The molecule has 1 aromatic rings. The molecule has 1 rings (SSSR count). The van der Waals surface area contributed by atoms with Gasteiger partial charge in [0.15, 0.2) is 5.69 Å². The van der Waals surface area contributed by atoms with Crippen molar-refractivity contribution >= 4 is 21.9 Å². The fourth-order valence-electron chi connectivity index (χ4n) is 0.639. The number of aromatic nitrogens is 2. The number of esters is 1. The van der Waals surface area contributed by atoms with Crippen molar-refractivity contribution in [1.82, 2.24) is 10.2 Å². The normalized spacial score (nSPS) is 9.64. The Kier molecular flexibility index (Phi) is 2.64. The molecule has 1 aromatic heterocycles. The Bertz CT molecular complexity index is 259. The quantitative estimate of drug-likeness (QED) is 0.598. The standard InChI is InChI=1S/C6H7BrN2O2/c1-11-6(10)5-2-4(3-7)8-9-5/h2H,3H2,1H3,(H,8,9). The van der Waals surface area contributed by atoms with Crippen LogP contribution in [0.25, 0.3) is 0 Å². The minimum atomic E-state index is -0.423. The molecule has 0 aliphatic rings. The third-order valence-corrected chi connectivity index (χ3v) is 1.77. The molecule has 5 heteroatoms. The third-order valence-electron chi connectivity index (χ3n) is 1.17. The van der Waals surface area contributed by atoms with Crippen molar-refractivity contribution in [3.63, 3.8) is 0 Å². The van der Waals surface area contributed by atoms with Gasteiger partial charge < -0.3 is 4.74 Å². The van der Waals surface area contributed by atoms with Crippen molar-refractivity contribution < 1.29 is 9.53 Å². The molecular weight excluding hydrogens is 212 g/mol. The predicted octanol–water partition coefficient (Wildman–Crippen LogP) is 1.09. The molecule has 0 radical (unpaired) electrons. The zero-order valence-corrected chi connectivity index (χ0v) is 7.51. The summed E-state index contributed by atoms with van der Waals surface area (Å²) >= 11 is 3.22. The summed E-state index contributed by atoms with van der Waals surface area (Å²) in [6, 6.07) is 1.64. The third kappa shape index (κ3) is 1.80. The van der Waals surface area contributed by atoms with Crippen molar-refractivity contribution in [3.05, 3.63) is 17.5 Å². The van der Waals surface area contributed by atoms with Gasteiger partial charge in [-0.1, -0.05) is 15.9 Å². The van der Waals surface area contributed by atoms with E-state index < -0.39 is 5.97 Å². The summed E-state index contributed by atoms with van der Waals surface area (Å²) in [6.07, 6.45) is 0. The number of nitrogens with zero attached hydrogens (tertiary/aromatic N) is 1. The van der Waals surface area contributed by atoms with Crippen LogP contribution in [0.1, 0.15) is 16.2 Å². The van der Waals surface area contributed by atoms with Crippen molar-refractivity contribution in [2.24, 2.45) is 0 Å². The lowest BCUT2D eigenvalue weighted by atomic mass is 10.4. The predicted molar refractivity (Wildman–Crippen MR) is 42.6 cm³/mol. The van der Waals surface area contributed by atoms with E-state index >= 15 is 0 Å². The average Bonchev–Trinajstić information content (AvgIpc) is 2.50. The summed E-state index contributed by atoms with van der Waals surface area (Å²) in [7, 11) is 1.32. The van der Waals surface area contributed by atoms with Crippen LogP contribution in [0.3, 0.4) is 0 Å². The number of methoxy groups -OCH3 is 1. The highest BCUT2D eigenvalue weighted by Crippen LogP contribution is 2.04. The number of halogens is 1. The number of carbonyl (C=O) groups is 1. The van der Waals surface area contributed by atoms with Crippen LogP contribution in [0.2, 0.25) is 0 Å². The minimum absolute atomic E-state index is 0.307. The summed E-state index contributed by atoms with van der Waals surface area (Å²) in [5, 5.41) is 7.05. The first-order valence-corrected chi connectivity index (χ1v) is 4.08. The molecule has 0 bridgehead atoms. The number of hydrogen-bond donors (Lipinski definition) is 1. The number of aromatic amines is 1. The molecule has 11 heavy (non-hydrogen) atoms. The second-order valence-corrected chi connectivity index (χ2v) is 2.46. The van der Waals surface area contributed by atoms with Gasteiger partial charge in [-0.05, 0) is 6.07 Å². The maximum atomic E-state index is 10.8. The smallest absolute Gasteiger partial charge is 0.358 e. The minimum Gasteiger partial charge on any atom is -0.464 e. The number of carbonyl (C=O) groups excluding carboxylic acids is 1. The van der Waals surface area contributed by atoms with Crippen LogP contribution in [0.4, 0.5) is 0 Å². The van der Waals surface area contributed by atoms with Gasteiger partial charge in [0.25, 0.3) is 0 Å². The first-order chi connectivity index (χ1) is 5.27. The van der Waals surface area contributed by atoms with Crippen LogP contribution in [0, 0.1) is 0 Å². The Hall–Kier alpha value is -0.840. The molecular formula is C6H7BrN2O2. The molecule has 4 nitrogen and oxygen atoms in total. The molecule has 1 N–H and O–H groups in total. The first-order valence-electron chi connectivity index (χ1n) is 2.96. The van der Waals surface area contributed by atoms with Crippen LogP contribution < -0.4 is 0 Å². The number of rotatable bonds is 2. The topological polar surface area (TPSA) is 55.0 Å². The lowest BCUT2D eigenvalue weighted by Crippen LogP contribution is -2.00. The van der Waals surface area contributed by atoms with Crippen LogP contribution >= 0.6 is 15.9 Å². The van der Waals surface area contributed by atoms with Gasteiger partial charge in [-0.2, -0.15) is 5.10 Å². The number of H-pyrrole nitrogens is 1. The van der Waals surface area contributed by atoms with Crippen LogP contribution in [-0.2, 0) is 10.1 Å². The van der Waals surface area contributed by atoms with E-state index in [-0.39, 0.29) is 0 Å². The molecule has 0 aromatic carbocycles. The largest absolute Gasteiger partial charge is 0.464 e. The van der Waals surface area contributed by atoms with Crippen molar-refractivity contribution in [2.75, 3.05) is 7.11 Å². The van der Waals surface area contributed by atoms with Gasteiger partial charge in [0.1, 0.15) is 0 Å². The average molecular weight is 219 g/mol. The Morgan fingerprint density at radius 1 is 1.91 bits per heavy atom. The molecule has 0 saturated heterocycles. The van der Waals surface area contributed by atoms with Crippen LogP contribution in [0.15, 0.2) is 6.07 Å². The Labute approximate surface area is 72.1 Å². The van der Waals surface area contributed by atoms with E-state index in [0.717, 1.165) is 5.69 Å². The maximum Gasteiger partial charge on any atom is 0.358 e. The fourth-order valence-corrected chi connectivity index (χ4v) is 0.926. The van der Waals surface area contributed by atoms with E-state index in [2.05, 4.69) is 30.9 Å². The number of ether oxygens (including phenoxy) is 1. The molecule has 0 spiro atoms. The van der Waals surface area contributed by atoms with E-state index in [1.54, 1.807) is 6.07 Å². The van der Waals surface area contributed by atoms with E-state index in [0.29, 0.717) is 11.0 Å². The maximum absolute atomic E-state index is 10.8. The summed E-state index contributed by atoms with van der Waals surface area (Å²) < 4.78 is 4.46. The lowest BCUT2D eigenvalue weighted by Gasteiger charge is -1.89. The monoisotopic (exact) mass is 218 g/mol. The Morgan fingerprint density at radius 3 is 3.09 bits per heavy atom. The number of nitrogens with one attached hydrogen (secondary N) is 1. The van der Waals surface area contributed by atoms with Crippen molar-refractivity contribution in [2.45, 2.75) is 5.33 Å². The van der Waals surface area contributed by atoms with Gasteiger partial charge >= 0.3 is 5.97 Å². The van der Waals surface area contributed by atoms with Gasteiger partial charge in [0.05, 0.1) is 7.11 Å². The van der Waals surface area contributed by atoms with Crippen molar-refractivity contribution in [3.8, 4) is 0 Å². The summed E-state index contributed by atoms with van der Waals surface area (Å²) in [6.45, 7) is 0. The van der Waals surface area contributed by atoms with Crippen molar-refractivity contribution in [1.29, 1.82) is 0 Å². The zero-order valence-electron chi connectivity index (χ0n) is 5.93. The van der Waals surface area contributed by atoms with Crippen LogP contribution in [0.5, 0.6) is 0 Å². The Morgan fingerprint density at radius 2 is 2.64 bits per heavy atom. The molecule has 0 fully saturated rings. The highest BCUT2D eigenvalue weighted by atomic mass is 79.9. The highest BCUT2D eigenvalue weighted by Gasteiger charge is 2.08. The molecule has 0 atom stereocenters. The zero-order chi connectivity index (χ0) is 8.27. The molecule has 0 aliphatic heterocycles. The molecule has 0 saturated carbocycles. The second-order valence-electron chi connectivity index (χ2n) is 1.90. The van der Waals surface area contributed by atoms with Gasteiger partial charge in [-0.15, -0.1) is 0 Å². The molecule has 0 unspecified atom stereocenters. The van der Waals surface area contributed by atoms with E-state index in [1.165, 1.54) is 7.11 Å². The molecule has 1 heterocycles. The molecule has 0 amide bonds. The summed E-state index contributed by atoms with van der Waals surface area (Å²) in [4.78, 5) is 10.8. The highest BCUT2D eigenvalue weighted by molar-refractivity contribution is 9.08. The summed E-state index contributed by atoms with van der Waals surface area (Å²) in [5.74, 6) is -0.423. The SMILES string of the molecule is COC(=O)c1cc(CBr)[nH]n1.